The molecule has 1 heterocycles. The van der Waals surface area contributed by atoms with Gasteiger partial charge in [0, 0.05) is 6.26 Å². The van der Waals surface area contributed by atoms with Gasteiger partial charge in [-0.05, 0) is 0 Å². The van der Waals surface area contributed by atoms with Crippen LogP contribution >= 0.6 is 0 Å². The summed E-state index contributed by atoms with van der Waals surface area (Å²) in [5.74, 6) is 0.444. The third-order valence-corrected chi connectivity index (χ3v) is 5.97. The summed E-state index contributed by atoms with van der Waals surface area (Å²) in [6, 6.07) is 31.7. The van der Waals surface area contributed by atoms with Crippen molar-refractivity contribution in [3.63, 3.8) is 0 Å². The minimum atomic E-state index is 0. The second-order valence-electron chi connectivity index (χ2n) is 7.93. The van der Waals surface area contributed by atoms with Crippen molar-refractivity contribution in [2.45, 2.75) is 13.3 Å². The summed E-state index contributed by atoms with van der Waals surface area (Å²) in [5, 5.41) is 5.39. The number of allylic oxidation sites excluding steroid dienone is 4. The van der Waals surface area contributed by atoms with E-state index in [9.17, 15) is 0 Å². The summed E-state index contributed by atoms with van der Waals surface area (Å²) in [4.78, 5) is 0. The number of furan rings is 1. The zero-order valence-corrected chi connectivity index (χ0v) is 23.5. The quantitative estimate of drug-likeness (QED) is 0.300. The van der Waals surface area contributed by atoms with E-state index in [4.69, 9.17) is 4.42 Å². The molecule has 35 heavy (non-hydrogen) atoms. The minimum absolute atomic E-state index is 0. The molecule has 1 aliphatic rings. The van der Waals surface area contributed by atoms with Crippen LogP contribution in [-0.2, 0) is 30.7 Å². The molecule has 0 bridgehead atoms. The van der Waals surface area contributed by atoms with E-state index in [0.717, 1.165) is 17.6 Å². The molecule has 4 aromatic carbocycles. The van der Waals surface area contributed by atoms with Gasteiger partial charge in [-0.3, -0.25) is 0 Å². The Morgan fingerprint density at radius 1 is 0.857 bits per heavy atom. The van der Waals surface area contributed by atoms with E-state index in [1.54, 1.807) is 12.5 Å². The molecule has 1 aliphatic carbocycles. The Kier molecular flexibility index (Phi) is 12.3. The van der Waals surface area contributed by atoms with Crippen molar-refractivity contribution < 1.29 is 53.5 Å². The Balaban J connectivity index is 0.000000183. The topological polar surface area (TPSA) is 13.1 Å². The van der Waals surface area contributed by atoms with Gasteiger partial charge in [0.05, 0.1) is 6.26 Å². The maximum absolute atomic E-state index is 4.97. The Hall–Kier alpha value is -2.38. The molecular formula is C31H26Cl2OZr-2. The van der Waals surface area contributed by atoms with Gasteiger partial charge in [0.1, 0.15) is 0 Å². The van der Waals surface area contributed by atoms with Crippen molar-refractivity contribution >= 4 is 30.8 Å². The number of rotatable bonds is 3. The summed E-state index contributed by atoms with van der Waals surface area (Å²) < 4.78 is 7.22. The molecule has 0 N–H and O–H groups in total. The number of fused-ring (bicyclic) bond motifs is 3. The molecule has 0 aliphatic heterocycles. The van der Waals surface area contributed by atoms with E-state index >= 15 is 0 Å². The number of hydrogen-bond acceptors (Lipinski definition) is 1. The zero-order chi connectivity index (χ0) is 22.9. The molecule has 0 amide bonds. The van der Waals surface area contributed by atoms with Crippen molar-refractivity contribution in [1.82, 2.24) is 0 Å². The van der Waals surface area contributed by atoms with E-state index in [-0.39, 0.29) is 24.8 Å². The average molecular weight is 577 g/mol. The normalized spacial score (nSPS) is 13.5. The van der Waals surface area contributed by atoms with Gasteiger partial charge in [-0.2, -0.15) is 17.7 Å². The van der Waals surface area contributed by atoms with Crippen LogP contribution in [0.15, 0.2) is 120 Å². The maximum atomic E-state index is 4.97. The molecule has 1 nitrogen and oxygen atoms in total. The van der Waals surface area contributed by atoms with Crippen LogP contribution in [0.4, 0.5) is 0 Å². The van der Waals surface area contributed by atoms with Crippen LogP contribution in [0.5, 0.6) is 0 Å². The van der Waals surface area contributed by atoms with Gasteiger partial charge in [0.2, 0.25) is 0 Å². The molecule has 0 saturated carbocycles. The van der Waals surface area contributed by atoms with Gasteiger partial charge < -0.3 is 29.2 Å². The molecule has 0 radical (unpaired) electrons. The van der Waals surface area contributed by atoms with Gasteiger partial charge in [0.25, 0.3) is 0 Å². The first-order valence-electron chi connectivity index (χ1n) is 11.1. The van der Waals surface area contributed by atoms with Gasteiger partial charge in [-0.15, -0.1) is 45.8 Å². The summed E-state index contributed by atoms with van der Waals surface area (Å²) in [5.41, 5.74) is 3.67. The fourth-order valence-electron chi connectivity index (χ4n) is 3.82. The third-order valence-electron chi connectivity index (χ3n) is 5.47. The largest absolute Gasteiger partial charge is 0.126 e. The SMILES string of the molecule is CC1[C-]=C(c2ccoc2)C=C1.[Cl-].[Cl-].[Zr+2]=[CH]Cc1ccccc1.c1ccc2c(c1)[cH-]c1ccccc12. The summed E-state index contributed by atoms with van der Waals surface area (Å²) in [7, 11) is 0. The van der Waals surface area contributed by atoms with Crippen LogP contribution in [0.1, 0.15) is 18.1 Å². The summed E-state index contributed by atoms with van der Waals surface area (Å²) in [6.07, 6.45) is 12.1. The van der Waals surface area contributed by atoms with E-state index < -0.39 is 0 Å². The molecule has 1 aromatic heterocycles. The van der Waals surface area contributed by atoms with Crippen LogP contribution < -0.4 is 24.8 Å². The molecule has 0 spiro atoms. The Morgan fingerprint density at radius 3 is 1.97 bits per heavy atom. The average Bonchev–Trinajstić information content (AvgIpc) is 3.60. The first kappa shape index (κ1) is 28.9. The molecule has 176 valence electrons. The molecule has 1 atom stereocenters. The van der Waals surface area contributed by atoms with Crippen LogP contribution in [0, 0.1) is 12.0 Å². The van der Waals surface area contributed by atoms with Crippen LogP contribution in [0.25, 0.3) is 27.1 Å². The van der Waals surface area contributed by atoms with Crippen LogP contribution in [-0.4, -0.2) is 3.71 Å². The van der Waals surface area contributed by atoms with E-state index in [0.29, 0.717) is 5.92 Å². The van der Waals surface area contributed by atoms with Crippen molar-refractivity contribution in [3.05, 3.63) is 133 Å². The Bertz CT molecular complexity index is 1310. The van der Waals surface area contributed by atoms with Crippen molar-refractivity contribution in [2.24, 2.45) is 5.92 Å². The first-order chi connectivity index (χ1) is 16.2. The van der Waals surface area contributed by atoms with E-state index in [2.05, 4.69) is 108 Å². The third kappa shape index (κ3) is 8.07. The number of halogens is 2. The van der Waals surface area contributed by atoms with Crippen molar-refractivity contribution in [1.29, 1.82) is 0 Å². The van der Waals surface area contributed by atoms with Crippen molar-refractivity contribution in [2.75, 3.05) is 0 Å². The molecule has 0 saturated heterocycles. The Morgan fingerprint density at radius 2 is 1.46 bits per heavy atom. The maximum Gasteiger partial charge on any atom is -0.0771 e. The fraction of sp³-hybridized carbons (Fsp3) is 0.0968. The summed E-state index contributed by atoms with van der Waals surface area (Å²) >= 11 is 1.51. The number of hydrogen-bond donors (Lipinski definition) is 0. The van der Waals surface area contributed by atoms with Gasteiger partial charge in [-0.25, -0.2) is 0 Å². The molecule has 6 rings (SSSR count). The van der Waals surface area contributed by atoms with E-state index in [1.807, 2.05) is 12.1 Å². The van der Waals surface area contributed by atoms with Crippen LogP contribution in [0.2, 0.25) is 0 Å². The predicted molar refractivity (Wildman–Crippen MR) is 137 cm³/mol. The van der Waals surface area contributed by atoms with Crippen molar-refractivity contribution in [3.8, 4) is 0 Å². The predicted octanol–water partition coefficient (Wildman–Crippen LogP) is 1.97. The molecule has 1 unspecified atom stereocenters. The van der Waals surface area contributed by atoms with E-state index in [1.165, 1.54) is 51.3 Å². The molecular weight excluding hydrogens is 550 g/mol. The number of benzene rings is 3. The van der Waals surface area contributed by atoms with Crippen LogP contribution in [0.3, 0.4) is 0 Å². The van der Waals surface area contributed by atoms with Gasteiger partial charge in [-0.1, -0.05) is 60.9 Å². The van der Waals surface area contributed by atoms with Gasteiger partial charge >= 0.3 is 70.3 Å². The zero-order valence-electron chi connectivity index (χ0n) is 19.5. The minimum Gasteiger partial charge on any atom is -0.126 e. The monoisotopic (exact) mass is 574 g/mol. The molecule has 4 heteroatoms. The van der Waals surface area contributed by atoms with Gasteiger partial charge in [0.15, 0.2) is 0 Å². The second-order valence-corrected chi connectivity index (χ2v) is 8.93. The standard InChI is InChI=1S/C13H9.C10H9O.C8H8.2ClH.Zr/c1-3-7-12-10(5-1)9-11-6-2-4-8-13(11)12;1-8-2-3-9(6-8)10-4-5-11-7-10;1-2-8-6-4-3-5-7-8;;;/h1-9H;2-5,7-8H,1H3;1,3-7H,2H2;2*1H;/q2*-1;;;;+2/p-2. The first-order valence-corrected chi connectivity index (χ1v) is 12.6. The molecule has 5 aromatic rings. The Labute approximate surface area is 235 Å². The summed E-state index contributed by atoms with van der Waals surface area (Å²) in [6.45, 7) is 2.11. The second kappa shape index (κ2) is 14.9. The fourth-order valence-corrected chi connectivity index (χ4v) is 4.39. The molecule has 0 fully saturated rings. The smallest absolute Gasteiger partial charge is 0.0771 e.